The molecule has 4 N–H and O–H groups in total. The number of rotatable bonds is 7. The number of nitrogens with one attached hydrogen (secondary N) is 2. The molecule has 9 heteroatoms. The van der Waals surface area contributed by atoms with E-state index in [1.54, 1.807) is 6.07 Å². The Morgan fingerprint density at radius 1 is 1.05 bits per heavy atom. The zero-order valence-corrected chi connectivity index (χ0v) is 29.0. The highest BCUT2D eigenvalue weighted by Gasteiger charge is 2.64. The lowest BCUT2D eigenvalue weighted by molar-refractivity contribution is -0.203. The number of fused-ring (bicyclic) bond motifs is 5. The standard InChI is InChI=1S/C34H56N2O5S2/c1-8-22-26-19-21(37)13-16-34(26,7)25-14-17-33(6)23(9-10-24(33)29(25)30(22)38)20(2)15-18-35-31(39)36-43(40,41)28-12-11-27(42-28)32(3,4)5/h11-12,20-26,29-30,37-38H,8-10,13-19H2,1-7H3,(H2,35,36,39)/t20-,21-,22-,23-,24+,25+,26?,29?,30-,33?,34?/m1/s1. The minimum atomic E-state index is -3.91. The van der Waals surface area contributed by atoms with Gasteiger partial charge in [0.1, 0.15) is 4.21 Å². The van der Waals surface area contributed by atoms with E-state index in [0.717, 1.165) is 56.2 Å². The van der Waals surface area contributed by atoms with Gasteiger partial charge in [-0.25, -0.2) is 17.9 Å². The summed E-state index contributed by atoms with van der Waals surface area (Å²) in [5.41, 5.74) is 0.204. The lowest BCUT2D eigenvalue weighted by atomic mass is 9.41. The second-order valence-corrected chi connectivity index (χ2v) is 19.1. The molecule has 0 radical (unpaired) electrons. The first-order valence-electron chi connectivity index (χ1n) is 16.8. The molecule has 1 heterocycles. The second kappa shape index (κ2) is 11.9. The summed E-state index contributed by atoms with van der Waals surface area (Å²) < 4.78 is 28.0. The Morgan fingerprint density at radius 3 is 2.37 bits per heavy atom. The molecule has 1 aromatic rings. The van der Waals surface area contributed by atoms with Crippen molar-refractivity contribution in [2.75, 3.05) is 6.54 Å². The van der Waals surface area contributed by atoms with Crippen molar-refractivity contribution in [2.45, 2.75) is 128 Å². The molecule has 4 saturated carbocycles. The summed E-state index contributed by atoms with van der Waals surface area (Å²) in [6.45, 7) is 16.0. The fourth-order valence-electron chi connectivity index (χ4n) is 10.6. The van der Waals surface area contributed by atoms with Gasteiger partial charge in [-0.3, -0.25) is 0 Å². The Kier molecular flexibility index (Phi) is 9.18. The van der Waals surface area contributed by atoms with Crippen molar-refractivity contribution >= 4 is 27.4 Å². The average molecular weight is 637 g/mol. The van der Waals surface area contributed by atoms with Crippen LogP contribution in [0.25, 0.3) is 0 Å². The number of carbonyl (C=O) groups is 1. The minimum Gasteiger partial charge on any atom is -0.393 e. The number of urea groups is 1. The molecule has 1 aromatic heterocycles. The average Bonchev–Trinajstić information content (AvgIpc) is 3.56. The Hall–Kier alpha value is -1.16. The molecule has 4 aliphatic rings. The van der Waals surface area contributed by atoms with Gasteiger partial charge in [0.25, 0.3) is 10.0 Å². The van der Waals surface area contributed by atoms with Crippen LogP contribution in [0, 0.1) is 52.3 Å². The molecule has 0 aromatic carbocycles. The number of thiophene rings is 1. The Labute approximate surface area is 264 Å². The van der Waals surface area contributed by atoms with Crippen molar-refractivity contribution in [3.05, 3.63) is 17.0 Å². The SMILES string of the molecule is CC[C@@H]1C2C[C@H](O)CCC2(C)[C@H]2CCC3(C)[C@@H]([C@H](C)CCNC(=O)NS(=O)(=O)c4ccc(C(C)(C)C)s4)CC[C@H]3C2[C@@H]1O. The smallest absolute Gasteiger partial charge is 0.328 e. The third kappa shape index (κ3) is 5.94. The monoisotopic (exact) mass is 636 g/mol. The highest BCUT2D eigenvalue weighted by Crippen LogP contribution is 2.69. The van der Waals surface area contributed by atoms with E-state index in [0.29, 0.717) is 42.1 Å². The first kappa shape index (κ1) is 33.2. The van der Waals surface area contributed by atoms with Crippen molar-refractivity contribution < 1.29 is 23.4 Å². The van der Waals surface area contributed by atoms with Crippen LogP contribution >= 0.6 is 11.3 Å². The van der Waals surface area contributed by atoms with Gasteiger partial charge in [-0.15, -0.1) is 11.3 Å². The molecule has 11 atom stereocenters. The Morgan fingerprint density at radius 2 is 1.72 bits per heavy atom. The van der Waals surface area contributed by atoms with E-state index in [1.165, 1.54) is 17.8 Å². The maximum absolute atomic E-state index is 12.8. The van der Waals surface area contributed by atoms with Gasteiger partial charge in [-0.05, 0) is 121 Å². The van der Waals surface area contributed by atoms with Gasteiger partial charge in [0.2, 0.25) is 0 Å². The van der Waals surface area contributed by atoms with Crippen molar-refractivity contribution in [3.8, 4) is 0 Å². The number of sulfonamides is 1. The fourth-order valence-corrected chi connectivity index (χ4v) is 12.9. The molecule has 0 saturated heterocycles. The summed E-state index contributed by atoms with van der Waals surface area (Å²) in [5, 5.41) is 25.3. The van der Waals surface area contributed by atoms with Gasteiger partial charge in [-0.1, -0.05) is 54.9 Å². The summed E-state index contributed by atoms with van der Waals surface area (Å²) >= 11 is 1.20. The molecule has 0 spiro atoms. The largest absolute Gasteiger partial charge is 0.393 e. The van der Waals surface area contributed by atoms with E-state index in [-0.39, 0.29) is 38.6 Å². The van der Waals surface area contributed by atoms with Crippen molar-refractivity contribution in [2.24, 2.45) is 52.3 Å². The van der Waals surface area contributed by atoms with Crippen molar-refractivity contribution in [3.63, 3.8) is 0 Å². The van der Waals surface area contributed by atoms with Gasteiger partial charge >= 0.3 is 6.03 Å². The number of aliphatic hydroxyl groups is 2. The van der Waals surface area contributed by atoms with E-state index in [2.05, 4.69) is 37.7 Å². The predicted molar refractivity (Wildman–Crippen MR) is 172 cm³/mol. The van der Waals surface area contributed by atoms with Crippen LogP contribution in [0.15, 0.2) is 16.3 Å². The molecule has 0 bridgehead atoms. The lowest BCUT2D eigenvalue weighted by Gasteiger charge is -2.64. The van der Waals surface area contributed by atoms with E-state index < -0.39 is 16.1 Å². The maximum Gasteiger partial charge on any atom is 0.328 e. The van der Waals surface area contributed by atoms with Crippen LogP contribution in [0.4, 0.5) is 4.79 Å². The van der Waals surface area contributed by atoms with Crippen LogP contribution in [-0.4, -0.2) is 43.4 Å². The number of aliphatic hydroxyl groups excluding tert-OH is 2. The number of carbonyl (C=O) groups excluding carboxylic acids is 1. The van der Waals surface area contributed by atoms with E-state index >= 15 is 0 Å². The second-order valence-electron chi connectivity index (χ2n) is 16.1. The fraction of sp³-hybridized carbons (Fsp3) is 0.853. The Bertz CT molecular complexity index is 1270. The van der Waals surface area contributed by atoms with Crippen molar-refractivity contribution in [1.82, 2.24) is 10.0 Å². The predicted octanol–water partition coefficient (Wildman–Crippen LogP) is 6.69. The molecular formula is C34H56N2O5S2. The number of amides is 2. The van der Waals surface area contributed by atoms with E-state index in [4.69, 9.17) is 0 Å². The molecule has 43 heavy (non-hydrogen) atoms. The first-order chi connectivity index (χ1) is 20.0. The van der Waals surface area contributed by atoms with E-state index in [9.17, 15) is 23.4 Å². The third-order valence-corrected chi connectivity index (χ3v) is 16.2. The quantitative estimate of drug-likeness (QED) is 0.266. The molecular weight excluding hydrogens is 581 g/mol. The molecule has 7 nitrogen and oxygen atoms in total. The zero-order chi connectivity index (χ0) is 31.5. The molecule has 4 fully saturated rings. The third-order valence-electron chi connectivity index (χ3n) is 12.8. The maximum atomic E-state index is 12.8. The normalized spacial score (nSPS) is 40.2. The van der Waals surface area contributed by atoms with Gasteiger partial charge in [0.15, 0.2) is 0 Å². The summed E-state index contributed by atoms with van der Waals surface area (Å²) in [5.74, 6) is 2.89. The van der Waals surface area contributed by atoms with Gasteiger partial charge < -0.3 is 15.5 Å². The molecule has 2 amide bonds. The van der Waals surface area contributed by atoms with Gasteiger partial charge in [-0.2, -0.15) is 0 Å². The highest BCUT2D eigenvalue weighted by molar-refractivity contribution is 7.92. The van der Waals surface area contributed by atoms with Crippen LogP contribution in [0.3, 0.4) is 0 Å². The van der Waals surface area contributed by atoms with E-state index in [1.807, 2.05) is 26.8 Å². The lowest BCUT2D eigenvalue weighted by Crippen LogP contribution is -2.62. The molecule has 4 unspecified atom stereocenters. The summed E-state index contributed by atoms with van der Waals surface area (Å²) in [6, 6.07) is 2.71. The molecule has 4 aliphatic carbocycles. The van der Waals surface area contributed by atoms with Crippen LogP contribution in [-0.2, 0) is 15.4 Å². The summed E-state index contributed by atoms with van der Waals surface area (Å²) in [4.78, 5) is 13.6. The number of hydrogen-bond acceptors (Lipinski definition) is 6. The van der Waals surface area contributed by atoms with Crippen LogP contribution in [0.2, 0.25) is 0 Å². The first-order valence-corrected chi connectivity index (χ1v) is 19.1. The minimum absolute atomic E-state index is 0.154. The van der Waals surface area contributed by atoms with Crippen LogP contribution in [0.1, 0.15) is 111 Å². The zero-order valence-electron chi connectivity index (χ0n) is 27.4. The summed E-state index contributed by atoms with van der Waals surface area (Å²) in [6.07, 6.45) is 8.63. The summed E-state index contributed by atoms with van der Waals surface area (Å²) in [7, 11) is -3.91. The van der Waals surface area contributed by atoms with Gasteiger partial charge in [0, 0.05) is 11.4 Å². The molecule has 5 rings (SSSR count). The van der Waals surface area contributed by atoms with Crippen molar-refractivity contribution in [1.29, 1.82) is 0 Å². The molecule has 0 aliphatic heterocycles. The topological polar surface area (TPSA) is 116 Å². The number of hydrogen-bond donors (Lipinski definition) is 4. The Balaban J connectivity index is 1.20. The highest BCUT2D eigenvalue weighted by atomic mass is 32.2. The van der Waals surface area contributed by atoms with Crippen LogP contribution < -0.4 is 10.0 Å². The van der Waals surface area contributed by atoms with Gasteiger partial charge in [0.05, 0.1) is 12.2 Å². The molecule has 244 valence electrons. The van der Waals surface area contributed by atoms with Crippen LogP contribution in [0.5, 0.6) is 0 Å².